The van der Waals surface area contributed by atoms with E-state index in [9.17, 15) is 4.39 Å². The van der Waals surface area contributed by atoms with Gasteiger partial charge in [-0.3, -0.25) is 5.84 Å². The fourth-order valence-corrected chi connectivity index (χ4v) is 1.90. The molecule has 0 aliphatic rings. The molecule has 0 aliphatic carbocycles. The van der Waals surface area contributed by atoms with Crippen molar-refractivity contribution in [3.05, 3.63) is 71.0 Å². The molecule has 3 N–H and O–H groups in total. The Morgan fingerprint density at radius 1 is 1.06 bits per heavy atom. The van der Waals surface area contributed by atoms with E-state index < -0.39 is 0 Å². The Morgan fingerprint density at radius 3 is 2.41 bits per heavy atom. The van der Waals surface area contributed by atoms with Crippen molar-refractivity contribution < 1.29 is 4.39 Å². The number of hydrogen-bond acceptors (Lipinski definition) is 2. The van der Waals surface area contributed by atoms with Crippen LogP contribution in [0.25, 0.3) is 0 Å². The average Bonchev–Trinajstić information content (AvgIpc) is 2.37. The number of nitrogens with two attached hydrogens (primary N) is 1. The maximum Gasteiger partial charge on any atom is 0.131 e. The van der Waals surface area contributed by atoms with E-state index in [1.807, 2.05) is 36.4 Å². The summed E-state index contributed by atoms with van der Waals surface area (Å²) in [6.07, 6.45) is 0. The predicted molar refractivity (Wildman–Crippen MR) is 66.7 cm³/mol. The first-order valence-corrected chi connectivity index (χ1v) is 5.50. The summed E-state index contributed by atoms with van der Waals surface area (Å²) in [6.45, 7) is 1.75. The number of aryl methyl sites for hydroxylation is 1. The third kappa shape index (κ3) is 2.35. The van der Waals surface area contributed by atoms with E-state index in [1.165, 1.54) is 0 Å². The minimum atomic E-state index is -0.323. The minimum Gasteiger partial charge on any atom is -0.271 e. The highest BCUT2D eigenvalue weighted by molar-refractivity contribution is 5.35. The van der Waals surface area contributed by atoms with Crippen LogP contribution in [0.4, 0.5) is 4.39 Å². The highest BCUT2D eigenvalue weighted by Gasteiger charge is 2.16. The molecule has 0 fully saturated rings. The number of hydrazine groups is 1. The van der Waals surface area contributed by atoms with E-state index in [4.69, 9.17) is 5.84 Å². The van der Waals surface area contributed by atoms with Gasteiger partial charge in [-0.2, -0.15) is 0 Å². The monoisotopic (exact) mass is 230 g/mol. The van der Waals surface area contributed by atoms with Crippen molar-refractivity contribution in [3.8, 4) is 0 Å². The molecule has 0 bridgehead atoms. The zero-order valence-electron chi connectivity index (χ0n) is 9.65. The van der Waals surface area contributed by atoms with Crippen LogP contribution in [0.1, 0.15) is 22.7 Å². The lowest BCUT2D eigenvalue weighted by Crippen LogP contribution is -2.29. The van der Waals surface area contributed by atoms with Gasteiger partial charge in [-0.15, -0.1) is 0 Å². The van der Waals surface area contributed by atoms with Crippen LogP contribution in [0.15, 0.2) is 48.5 Å². The Labute approximate surface area is 100 Å². The summed E-state index contributed by atoms with van der Waals surface area (Å²) in [7, 11) is 0. The van der Waals surface area contributed by atoms with Gasteiger partial charge >= 0.3 is 0 Å². The first-order valence-electron chi connectivity index (χ1n) is 5.50. The van der Waals surface area contributed by atoms with E-state index >= 15 is 0 Å². The van der Waals surface area contributed by atoms with Crippen LogP contribution in [-0.4, -0.2) is 0 Å². The third-order valence-corrected chi connectivity index (χ3v) is 2.83. The van der Waals surface area contributed by atoms with Crippen molar-refractivity contribution in [2.24, 2.45) is 5.84 Å². The van der Waals surface area contributed by atoms with Gasteiger partial charge in [0.25, 0.3) is 0 Å². The minimum absolute atomic E-state index is 0.209. The van der Waals surface area contributed by atoms with Gasteiger partial charge in [0, 0.05) is 5.56 Å². The molecular formula is C14H15FN2. The number of hydrogen-bond donors (Lipinski definition) is 2. The summed E-state index contributed by atoms with van der Waals surface area (Å²) in [5.74, 6) is 5.33. The molecule has 0 aromatic heterocycles. The topological polar surface area (TPSA) is 38.0 Å². The van der Waals surface area contributed by atoms with E-state index in [0.29, 0.717) is 11.1 Å². The molecule has 2 aromatic rings. The van der Waals surface area contributed by atoms with Gasteiger partial charge < -0.3 is 0 Å². The Balaban J connectivity index is 2.46. The Hall–Kier alpha value is -1.71. The van der Waals surface area contributed by atoms with Crippen molar-refractivity contribution in [1.29, 1.82) is 0 Å². The molecule has 88 valence electrons. The zero-order valence-corrected chi connectivity index (χ0v) is 9.65. The van der Waals surface area contributed by atoms with Crippen molar-refractivity contribution in [1.82, 2.24) is 5.43 Å². The fraction of sp³-hybridized carbons (Fsp3) is 0.143. The Kier molecular flexibility index (Phi) is 3.52. The van der Waals surface area contributed by atoms with Crippen LogP contribution >= 0.6 is 0 Å². The first kappa shape index (κ1) is 11.8. The van der Waals surface area contributed by atoms with Crippen molar-refractivity contribution in [2.75, 3.05) is 0 Å². The summed E-state index contributed by atoms with van der Waals surface area (Å²) in [5.41, 5.74) is 4.80. The van der Waals surface area contributed by atoms with Gasteiger partial charge in [0.2, 0.25) is 0 Å². The Morgan fingerprint density at radius 2 is 1.76 bits per heavy atom. The smallest absolute Gasteiger partial charge is 0.131 e. The normalized spacial score (nSPS) is 12.4. The van der Waals surface area contributed by atoms with Crippen LogP contribution in [-0.2, 0) is 0 Å². The second-order valence-electron chi connectivity index (χ2n) is 3.99. The van der Waals surface area contributed by atoms with E-state index in [-0.39, 0.29) is 11.9 Å². The van der Waals surface area contributed by atoms with Gasteiger partial charge in [-0.1, -0.05) is 48.5 Å². The number of nitrogens with one attached hydrogen (secondary N) is 1. The quantitative estimate of drug-likeness (QED) is 0.628. The molecule has 0 aliphatic heterocycles. The lowest BCUT2D eigenvalue weighted by molar-refractivity contribution is 0.554. The molecule has 0 spiro atoms. The van der Waals surface area contributed by atoms with Crippen molar-refractivity contribution in [3.63, 3.8) is 0 Å². The molecule has 0 saturated carbocycles. The van der Waals surface area contributed by atoms with Gasteiger partial charge in [-0.25, -0.2) is 9.82 Å². The number of rotatable bonds is 3. The molecular weight excluding hydrogens is 215 g/mol. The first-order chi connectivity index (χ1) is 8.24. The summed E-state index contributed by atoms with van der Waals surface area (Å²) in [4.78, 5) is 0. The van der Waals surface area contributed by atoms with Gasteiger partial charge in [0.05, 0.1) is 6.04 Å². The molecule has 17 heavy (non-hydrogen) atoms. The van der Waals surface area contributed by atoms with Crippen LogP contribution < -0.4 is 11.3 Å². The zero-order chi connectivity index (χ0) is 12.3. The molecule has 1 unspecified atom stereocenters. The molecule has 0 heterocycles. The van der Waals surface area contributed by atoms with Gasteiger partial charge in [0.1, 0.15) is 5.82 Å². The van der Waals surface area contributed by atoms with Crippen LogP contribution in [0.2, 0.25) is 0 Å². The molecule has 1 atom stereocenters. The average molecular weight is 230 g/mol. The second-order valence-corrected chi connectivity index (χ2v) is 3.99. The van der Waals surface area contributed by atoms with E-state index in [0.717, 1.165) is 5.56 Å². The number of benzene rings is 2. The summed E-state index contributed by atoms with van der Waals surface area (Å²) in [6, 6.07) is 14.6. The molecule has 2 rings (SSSR count). The molecule has 0 radical (unpaired) electrons. The van der Waals surface area contributed by atoms with E-state index in [2.05, 4.69) is 5.43 Å². The highest BCUT2D eigenvalue weighted by atomic mass is 19.1. The molecule has 0 amide bonds. The standard InChI is InChI=1S/C14H15FN2/c1-10-6-5-9-12(13(10)15)14(17-16)11-7-3-2-4-8-11/h2-9,14,17H,16H2,1H3. The lowest BCUT2D eigenvalue weighted by atomic mass is 9.97. The molecule has 0 saturated heterocycles. The van der Waals surface area contributed by atoms with Crippen LogP contribution in [0.5, 0.6) is 0 Å². The lowest BCUT2D eigenvalue weighted by Gasteiger charge is -2.18. The Bertz CT molecular complexity index is 497. The maximum absolute atomic E-state index is 14.0. The summed E-state index contributed by atoms with van der Waals surface area (Å²) >= 11 is 0. The van der Waals surface area contributed by atoms with Crippen molar-refractivity contribution in [2.45, 2.75) is 13.0 Å². The highest BCUT2D eigenvalue weighted by Crippen LogP contribution is 2.24. The molecule has 3 heteroatoms. The predicted octanol–water partition coefficient (Wildman–Crippen LogP) is 2.69. The van der Waals surface area contributed by atoms with Gasteiger partial charge in [-0.05, 0) is 18.1 Å². The second kappa shape index (κ2) is 5.08. The summed E-state index contributed by atoms with van der Waals surface area (Å²) in [5, 5.41) is 0. The van der Waals surface area contributed by atoms with Crippen molar-refractivity contribution >= 4 is 0 Å². The number of halogens is 1. The fourth-order valence-electron chi connectivity index (χ4n) is 1.90. The SMILES string of the molecule is Cc1cccc(C(NN)c2ccccc2)c1F. The van der Waals surface area contributed by atoms with Gasteiger partial charge in [0.15, 0.2) is 0 Å². The third-order valence-electron chi connectivity index (χ3n) is 2.83. The summed E-state index contributed by atoms with van der Waals surface area (Å²) < 4.78 is 14.0. The largest absolute Gasteiger partial charge is 0.271 e. The molecule has 2 aromatic carbocycles. The van der Waals surface area contributed by atoms with Crippen LogP contribution in [0.3, 0.4) is 0 Å². The van der Waals surface area contributed by atoms with E-state index in [1.54, 1.807) is 19.1 Å². The van der Waals surface area contributed by atoms with Crippen LogP contribution in [0, 0.1) is 12.7 Å². The molecule has 2 nitrogen and oxygen atoms in total. The maximum atomic E-state index is 14.0.